The molecule has 2 N–H and O–H groups in total. The lowest BCUT2D eigenvalue weighted by atomic mass is 10.0. The first-order valence-corrected chi connectivity index (χ1v) is 11.3. The van der Waals surface area contributed by atoms with E-state index < -0.39 is 28.1 Å². The van der Waals surface area contributed by atoms with Crippen LogP contribution in [0.4, 0.5) is 20.6 Å². The number of aromatic nitrogens is 1. The molecular weight excluding hydrogens is 483 g/mol. The number of nitro groups is 1. The van der Waals surface area contributed by atoms with Gasteiger partial charge in [-0.2, -0.15) is 0 Å². The van der Waals surface area contributed by atoms with Gasteiger partial charge in [-0.05, 0) is 24.5 Å². The van der Waals surface area contributed by atoms with Crippen LogP contribution in [0, 0.1) is 15.9 Å². The van der Waals surface area contributed by atoms with Crippen molar-refractivity contribution in [2.75, 3.05) is 24.5 Å². The van der Waals surface area contributed by atoms with Gasteiger partial charge in [0.15, 0.2) is 5.75 Å². The van der Waals surface area contributed by atoms with Gasteiger partial charge in [-0.15, -0.1) is 0 Å². The van der Waals surface area contributed by atoms with Crippen molar-refractivity contribution in [3.8, 4) is 5.75 Å². The highest BCUT2D eigenvalue weighted by atomic mass is 35.5. The Balaban J connectivity index is 1.66. The fourth-order valence-electron chi connectivity index (χ4n) is 4.57. The van der Waals surface area contributed by atoms with Crippen LogP contribution in [0.15, 0.2) is 41.3 Å². The van der Waals surface area contributed by atoms with E-state index in [-0.39, 0.29) is 33.9 Å². The number of carboxylic acid groups (broad SMARTS) is 1. The Morgan fingerprint density at radius 1 is 1.29 bits per heavy atom. The zero-order valence-corrected chi connectivity index (χ0v) is 19.0. The number of rotatable bonds is 5. The van der Waals surface area contributed by atoms with Gasteiger partial charge in [-0.3, -0.25) is 14.9 Å². The van der Waals surface area contributed by atoms with Crippen LogP contribution in [0.2, 0.25) is 5.02 Å². The lowest BCUT2D eigenvalue weighted by Gasteiger charge is -2.39. The Morgan fingerprint density at radius 3 is 2.63 bits per heavy atom. The fraction of sp³-hybridized carbons (Fsp3) is 0.304. The summed E-state index contributed by atoms with van der Waals surface area (Å²) in [4.78, 5) is 36.3. The molecule has 35 heavy (non-hydrogen) atoms. The molecule has 1 atom stereocenters. The van der Waals surface area contributed by atoms with E-state index in [1.54, 1.807) is 21.6 Å². The molecule has 0 amide bonds. The van der Waals surface area contributed by atoms with Gasteiger partial charge in [0.1, 0.15) is 5.82 Å². The summed E-state index contributed by atoms with van der Waals surface area (Å²) in [5.74, 6) is -1.14. The maximum Gasteiger partial charge on any atom is 0.511 e. The fourth-order valence-corrected chi connectivity index (χ4v) is 4.96. The summed E-state index contributed by atoms with van der Waals surface area (Å²) in [5.41, 5.74) is 0.355. The van der Waals surface area contributed by atoms with Crippen molar-refractivity contribution >= 4 is 40.0 Å². The number of nitrogens with one attached hydrogen (secondary N) is 1. The van der Waals surface area contributed by atoms with Gasteiger partial charge >= 0.3 is 6.16 Å². The van der Waals surface area contributed by atoms with Crippen molar-refractivity contribution < 1.29 is 24.0 Å². The van der Waals surface area contributed by atoms with Crippen molar-refractivity contribution in [1.29, 1.82) is 0 Å². The number of anilines is 1. The minimum absolute atomic E-state index is 0.0152. The van der Waals surface area contributed by atoms with Gasteiger partial charge in [0.2, 0.25) is 5.43 Å². The maximum absolute atomic E-state index is 15.6. The monoisotopic (exact) mass is 502 g/mol. The summed E-state index contributed by atoms with van der Waals surface area (Å²) < 4.78 is 21.9. The van der Waals surface area contributed by atoms with Crippen molar-refractivity contribution in [2.24, 2.45) is 0 Å². The minimum atomic E-state index is -1.64. The molecule has 10 nitrogen and oxygen atoms in total. The van der Waals surface area contributed by atoms with E-state index in [9.17, 15) is 19.7 Å². The Bertz CT molecular complexity index is 1410. The number of benzene rings is 2. The Kier molecular flexibility index (Phi) is 5.81. The van der Waals surface area contributed by atoms with E-state index in [0.717, 1.165) is 24.5 Å². The van der Waals surface area contributed by atoms with Gasteiger partial charge in [-0.1, -0.05) is 23.7 Å². The average Bonchev–Trinajstić information content (AvgIpc) is 3.67. The van der Waals surface area contributed by atoms with Crippen molar-refractivity contribution in [2.45, 2.75) is 24.9 Å². The van der Waals surface area contributed by atoms with Crippen molar-refractivity contribution in [1.82, 2.24) is 9.88 Å². The Labute approximate surface area is 202 Å². The van der Waals surface area contributed by atoms with E-state index in [1.807, 2.05) is 0 Å². The molecule has 2 heterocycles. The predicted molar refractivity (Wildman–Crippen MR) is 126 cm³/mol. The normalized spacial score (nSPS) is 18.0. The smallest absolute Gasteiger partial charge is 0.449 e. The molecule has 1 saturated heterocycles. The molecule has 2 aliphatic rings. The topological polar surface area (TPSA) is 127 Å². The SMILES string of the molecule is O=C(O)Oc1cn(C2CC2)c2c(Cl)c(N3CCNCC3c3ccc([N+](=O)[O-])cc3)c(F)cc2c1=O. The highest BCUT2D eigenvalue weighted by Gasteiger charge is 2.33. The Morgan fingerprint density at radius 2 is 2.00 bits per heavy atom. The zero-order valence-electron chi connectivity index (χ0n) is 18.2. The van der Waals surface area contributed by atoms with Crippen LogP contribution in [-0.2, 0) is 0 Å². The highest BCUT2D eigenvalue weighted by Crippen LogP contribution is 2.44. The molecule has 182 valence electrons. The summed E-state index contributed by atoms with van der Waals surface area (Å²) >= 11 is 6.80. The van der Waals surface area contributed by atoms with Gasteiger partial charge in [0.05, 0.1) is 38.8 Å². The molecule has 0 bridgehead atoms. The molecule has 1 aliphatic heterocycles. The van der Waals surface area contributed by atoms with Gasteiger partial charge in [0.25, 0.3) is 5.69 Å². The summed E-state index contributed by atoms with van der Waals surface area (Å²) in [6.07, 6.45) is 1.27. The number of non-ortho nitro benzene ring substituents is 1. The third-order valence-electron chi connectivity index (χ3n) is 6.31. The van der Waals surface area contributed by atoms with Crippen molar-refractivity contribution in [3.63, 3.8) is 0 Å². The average molecular weight is 503 g/mol. The zero-order chi connectivity index (χ0) is 24.9. The molecule has 2 aromatic carbocycles. The molecule has 2 fully saturated rings. The minimum Gasteiger partial charge on any atom is -0.449 e. The van der Waals surface area contributed by atoms with Crippen LogP contribution >= 0.6 is 11.6 Å². The number of piperazine rings is 1. The third kappa shape index (κ3) is 4.17. The summed E-state index contributed by atoms with van der Waals surface area (Å²) in [6, 6.07) is 6.74. The second kappa shape index (κ2) is 8.82. The number of nitro benzene ring substituents is 1. The molecule has 0 spiro atoms. The summed E-state index contributed by atoms with van der Waals surface area (Å²) in [5, 5.41) is 23.3. The van der Waals surface area contributed by atoms with E-state index in [4.69, 9.17) is 16.7 Å². The van der Waals surface area contributed by atoms with E-state index in [0.29, 0.717) is 25.2 Å². The first kappa shape index (κ1) is 23.1. The first-order chi connectivity index (χ1) is 16.8. The highest BCUT2D eigenvalue weighted by molar-refractivity contribution is 6.38. The number of fused-ring (bicyclic) bond motifs is 1. The first-order valence-electron chi connectivity index (χ1n) is 11.0. The molecule has 5 rings (SSSR count). The van der Waals surface area contributed by atoms with Crippen LogP contribution in [0.5, 0.6) is 5.75 Å². The lowest BCUT2D eigenvalue weighted by molar-refractivity contribution is -0.384. The van der Waals surface area contributed by atoms with Gasteiger partial charge in [0, 0.05) is 37.8 Å². The number of hydrogen-bond acceptors (Lipinski definition) is 7. The number of halogens is 2. The van der Waals surface area contributed by atoms with Crippen molar-refractivity contribution in [3.05, 3.63) is 73.3 Å². The van der Waals surface area contributed by atoms with Crippen LogP contribution < -0.4 is 20.4 Å². The summed E-state index contributed by atoms with van der Waals surface area (Å²) in [7, 11) is 0. The van der Waals surface area contributed by atoms with E-state index in [1.165, 1.54) is 18.3 Å². The quantitative estimate of drug-likeness (QED) is 0.301. The van der Waals surface area contributed by atoms with Crippen LogP contribution in [-0.4, -0.2) is 40.4 Å². The number of pyridine rings is 1. The summed E-state index contributed by atoms with van der Waals surface area (Å²) in [6.45, 7) is 1.40. The second-order valence-electron chi connectivity index (χ2n) is 8.51. The van der Waals surface area contributed by atoms with Crippen LogP contribution in [0.1, 0.15) is 30.5 Å². The van der Waals surface area contributed by atoms with Crippen LogP contribution in [0.3, 0.4) is 0 Å². The van der Waals surface area contributed by atoms with E-state index >= 15 is 4.39 Å². The number of nitrogens with zero attached hydrogens (tertiary/aromatic N) is 3. The Hall–Kier alpha value is -3.70. The maximum atomic E-state index is 15.6. The number of hydrogen-bond donors (Lipinski definition) is 2. The molecule has 0 radical (unpaired) electrons. The van der Waals surface area contributed by atoms with Gasteiger partial charge in [-0.25, -0.2) is 9.18 Å². The number of ether oxygens (including phenoxy) is 1. The predicted octanol–water partition coefficient (Wildman–Crippen LogP) is 4.24. The van der Waals surface area contributed by atoms with Crippen LogP contribution in [0.25, 0.3) is 10.9 Å². The molecule has 1 saturated carbocycles. The standard InChI is InChI=1S/C23H20ClFN4O6/c24-19-20-15(22(30)18(35-23(31)32)11-28(20)13-5-6-13)9-16(25)21(19)27-8-7-26-10-17(27)12-1-3-14(4-2-12)29(33)34/h1-4,9,11,13,17,26H,5-8,10H2,(H,31,32). The molecule has 1 unspecified atom stereocenters. The second-order valence-corrected chi connectivity index (χ2v) is 8.89. The molecule has 3 aromatic rings. The molecule has 1 aliphatic carbocycles. The number of carbonyl (C=O) groups is 1. The van der Waals surface area contributed by atoms with Gasteiger partial charge < -0.3 is 24.6 Å². The third-order valence-corrected chi connectivity index (χ3v) is 6.67. The molecule has 12 heteroatoms. The van der Waals surface area contributed by atoms with E-state index in [2.05, 4.69) is 10.1 Å². The lowest BCUT2D eigenvalue weighted by Crippen LogP contribution is -2.46. The molecule has 1 aromatic heterocycles. The largest absolute Gasteiger partial charge is 0.511 e. The molecular formula is C23H20ClFN4O6.